The smallest absolute Gasteiger partial charge is 0.274 e. The molecule has 0 spiro atoms. The van der Waals surface area contributed by atoms with E-state index >= 15 is 0 Å². The number of methoxy groups -OCH3 is 1. The topological polar surface area (TPSA) is 76.1 Å². The van der Waals surface area contributed by atoms with Gasteiger partial charge in [0.25, 0.3) is 5.91 Å². The number of nitrogens with one attached hydrogen (secondary N) is 2. The summed E-state index contributed by atoms with van der Waals surface area (Å²) in [6.07, 6.45) is 1.34. The number of aryl methyl sites for hydroxylation is 2. The number of amides is 1. The van der Waals surface area contributed by atoms with Gasteiger partial charge >= 0.3 is 0 Å². The van der Waals surface area contributed by atoms with Gasteiger partial charge in [-0.3, -0.25) is 4.79 Å². The highest BCUT2D eigenvalue weighted by atomic mass is 35.5. The van der Waals surface area contributed by atoms with E-state index in [-0.39, 0.29) is 11.6 Å². The Hall–Kier alpha value is -3.12. The molecule has 0 radical (unpaired) electrons. The van der Waals surface area contributed by atoms with Gasteiger partial charge in [-0.25, -0.2) is 9.97 Å². The quantitative estimate of drug-likeness (QED) is 0.665. The van der Waals surface area contributed by atoms with Crippen molar-refractivity contribution in [1.29, 1.82) is 0 Å². The Morgan fingerprint density at radius 1 is 1.07 bits per heavy atom. The first-order chi connectivity index (χ1) is 13.0. The SMILES string of the molecule is COc1ccc(Nc2cc(C(=O)Nc3c(C)cc(C)cc3Cl)ncn2)cc1. The molecular formula is C20H19ClN4O2. The minimum absolute atomic E-state index is 0.233. The van der Waals surface area contributed by atoms with E-state index in [4.69, 9.17) is 16.3 Å². The standard InChI is InChI=1S/C20H19ClN4O2/c1-12-8-13(2)19(16(21)9-12)25-20(26)17-10-18(23-11-22-17)24-14-4-6-15(27-3)7-5-14/h4-11H,1-3H3,(H,25,26)(H,22,23,24). The molecule has 0 aliphatic rings. The number of carbonyl (C=O) groups is 1. The van der Waals surface area contributed by atoms with Crippen LogP contribution in [0.15, 0.2) is 48.8 Å². The Labute approximate surface area is 162 Å². The second kappa shape index (κ2) is 8.05. The summed E-state index contributed by atoms with van der Waals surface area (Å²) in [7, 11) is 1.61. The van der Waals surface area contributed by atoms with E-state index in [1.165, 1.54) is 6.33 Å². The number of rotatable bonds is 5. The predicted molar refractivity (Wildman–Crippen MR) is 107 cm³/mol. The molecule has 0 atom stereocenters. The summed E-state index contributed by atoms with van der Waals surface area (Å²) < 4.78 is 5.14. The third-order valence-electron chi connectivity index (χ3n) is 3.93. The van der Waals surface area contributed by atoms with E-state index in [2.05, 4.69) is 20.6 Å². The van der Waals surface area contributed by atoms with Crippen LogP contribution in [0.2, 0.25) is 5.02 Å². The normalized spacial score (nSPS) is 10.4. The average Bonchev–Trinajstić information content (AvgIpc) is 2.65. The molecule has 0 saturated heterocycles. The van der Waals surface area contributed by atoms with Crippen LogP contribution in [0.5, 0.6) is 5.75 Å². The van der Waals surface area contributed by atoms with Crippen molar-refractivity contribution in [3.8, 4) is 5.75 Å². The van der Waals surface area contributed by atoms with E-state index < -0.39 is 0 Å². The maximum atomic E-state index is 12.6. The largest absolute Gasteiger partial charge is 0.497 e. The second-order valence-electron chi connectivity index (χ2n) is 6.03. The molecule has 6 nitrogen and oxygen atoms in total. The van der Waals surface area contributed by atoms with Crippen LogP contribution in [0.1, 0.15) is 21.6 Å². The molecule has 138 valence electrons. The van der Waals surface area contributed by atoms with Crippen LogP contribution in [-0.4, -0.2) is 23.0 Å². The Morgan fingerprint density at radius 3 is 2.48 bits per heavy atom. The number of nitrogens with zero attached hydrogens (tertiary/aromatic N) is 2. The lowest BCUT2D eigenvalue weighted by molar-refractivity contribution is 0.102. The zero-order chi connectivity index (χ0) is 19.4. The summed E-state index contributed by atoms with van der Waals surface area (Å²) >= 11 is 6.26. The number of benzene rings is 2. The zero-order valence-electron chi connectivity index (χ0n) is 15.2. The lowest BCUT2D eigenvalue weighted by Gasteiger charge is -2.12. The summed E-state index contributed by atoms with van der Waals surface area (Å²) in [5.74, 6) is 0.907. The van der Waals surface area contributed by atoms with Gasteiger partial charge in [-0.1, -0.05) is 17.7 Å². The summed E-state index contributed by atoms with van der Waals surface area (Å²) in [4.78, 5) is 20.8. The third kappa shape index (κ3) is 4.54. The summed E-state index contributed by atoms with van der Waals surface area (Å²) in [5, 5.41) is 6.45. The number of aromatic nitrogens is 2. The van der Waals surface area contributed by atoms with Crippen molar-refractivity contribution in [2.24, 2.45) is 0 Å². The molecule has 0 unspecified atom stereocenters. The highest BCUT2D eigenvalue weighted by Crippen LogP contribution is 2.28. The van der Waals surface area contributed by atoms with Crippen LogP contribution >= 0.6 is 11.6 Å². The monoisotopic (exact) mass is 382 g/mol. The van der Waals surface area contributed by atoms with Crippen LogP contribution in [0.3, 0.4) is 0 Å². The first-order valence-electron chi connectivity index (χ1n) is 8.27. The van der Waals surface area contributed by atoms with Gasteiger partial charge in [-0.15, -0.1) is 0 Å². The van der Waals surface area contributed by atoms with E-state index in [0.717, 1.165) is 22.6 Å². The van der Waals surface area contributed by atoms with Gasteiger partial charge in [0.2, 0.25) is 0 Å². The highest BCUT2D eigenvalue weighted by Gasteiger charge is 2.13. The third-order valence-corrected chi connectivity index (χ3v) is 4.23. The maximum Gasteiger partial charge on any atom is 0.274 e. The van der Waals surface area contributed by atoms with Gasteiger partial charge in [0, 0.05) is 11.8 Å². The Bertz CT molecular complexity index is 951. The molecule has 0 fully saturated rings. The fraction of sp³-hybridized carbons (Fsp3) is 0.150. The fourth-order valence-corrected chi connectivity index (χ4v) is 2.99. The molecule has 3 rings (SSSR count). The predicted octanol–water partition coefficient (Wildman–Crippen LogP) is 4.75. The molecule has 1 amide bonds. The lowest BCUT2D eigenvalue weighted by Crippen LogP contribution is -2.15. The number of carbonyl (C=O) groups excluding carboxylic acids is 1. The van der Waals surface area contributed by atoms with E-state index in [1.807, 2.05) is 44.2 Å². The van der Waals surface area contributed by atoms with Crippen molar-refractivity contribution in [3.63, 3.8) is 0 Å². The molecule has 7 heteroatoms. The van der Waals surface area contributed by atoms with E-state index in [9.17, 15) is 4.79 Å². The van der Waals surface area contributed by atoms with Crippen molar-refractivity contribution >= 4 is 34.7 Å². The number of hydrogen-bond acceptors (Lipinski definition) is 5. The summed E-state index contributed by atoms with van der Waals surface area (Å²) in [5.41, 5.74) is 3.55. The minimum Gasteiger partial charge on any atom is -0.497 e. The van der Waals surface area contributed by atoms with Crippen LogP contribution in [0.25, 0.3) is 0 Å². The molecule has 3 aromatic rings. The number of ether oxygens (including phenoxy) is 1. The molecular weight excluding hydrogens is 364 g/mol. The molecule has 0 aliphatic carbocycles. The fourth-order valence-electron chi connectivity index (χ4n) is 2.62. The first kappa shape index (κ1) is 18.7. The van der Waals surface area contributed by atoms with Gasteiger partial charge in [0.1, 0.15) is 23.6 Å². The van der Waals surface area contributed by atoms with Crippen LogP contribution in [0, 0.1) is 13.8 Å². The number of halogens is 1. The van der Waals surface area contributed by atoms with Crippen LogP contribution in [-0.2, 0) is 0 Å². The molecule has 0 bridgehead atoms. The van der Waals surface area contributed by atoms with Gasteiger partial charge in [0.15, 0.2) is 0 Å². The second-order valence-corrected chi connectivity index (χ2v) is 6.44. The minimum atomic E-state index is -0.357. The van der Waals surface area contributed by atoms with Crippen LogP contribution < -0.4 is 15.4 Å². The molecule has 1 aromatic heterocycles. The summed E-state index contributed by atoms with van der Waals surface area (Å²) in [6.45, 7) is 3.84. The maximum absolute atomic E-state index is 12.6. The van der Waals surface area contributed by atoms with Gasteiger partial charge in [-0.05, 0) is 55.3 Å². The molecule has 2 aromatic carbocycles. The molecule has 0 saturated carbocycles. The van der Waals surface area contributed by atoms with Crippen molar-refractivity contribution in [3.05, 3.63) is 70.6 Å². The molecule has 1 heterocycles. The lowest BCUT2D eigenvalue weighted by atomic mass is 10.1. The van der Waals surface area contributed by atoms with E-state index in [0.29, 0.717) is 16.5 Å². The van der Waals surface area contributed by atoms with Gasteiger partial charge in [0.05, 0.1) is 17.8 Å². The number of anilines is 3. The molecule has 0 aliphatic heterocycles. The number of hydrogen-bond donors (Lipinski definition) is 2. The van der Waals surface area contributed by atoms with Crippen molar-refractivity contribution in [2.45, 2.75) is 13.8 Å². The van der Waals surface area contributed by atoms with Crippen molar-refractivity contribution in [2.75, 3.05) is 17.7 Å². The zero-order valence-corrected chi connectivity index (χ0v) is 16.0. The first-order valence-corrected chi connectivity index (χ1v) is 8.65. The van der Waals surface area contributed by atoms with E-state index in [1.54, 1.807) is 19.2 Å². The highest BCUT2D eigenvalue weighted by molar-refractivity contribution is 6.34. The Kier molecular flexibility index (Phi) is 5.57. The van der Waals surface area contributed by atoms with Gasteiger partial charge in [-0.2, -0.15) is 0 Å². The molecule has 2 N–H and O–H groups in total. The average molecular weight is 383 g/mol. The summed E-state index contributed by atoms with van der Waals surface area (Å²) in [6, 6.07) is 12.7. The van der Waals surface area contributed by atoms with Crippen molar-refractivity contribution in [1.82, 2.24) is 9.97 Å². The Balaban J connectivity index is 1.77. The van der Waals surface area contributed by atoms with Gasteiger partial charge < -0.3 is 15.4 Å². The van der Waals surface area contributed by atoms with Crippen molar-refractivity contribution < 1.29 is 9.53 Å². The van der Waals surface area contributed by atoms with Crippen LogP contribution in [0.4, 0.5) is 17.2 Å². The Morgan fingerprint density at radius 2 is 1.81 bits per heavy atom. The molecule has 27 heavy (non-hydrogen) atoms.